The van der Waals surface area contributed by atoms with Crippen LogP contribution in [-0.4, -0.2) is 37.9 Å². The number of carbonyl (C=O) groups is 1. The molecule has 2 N–H and O–H groups in total. The molecule has 0 spiro atoms. The molecule has 3 nitrogen and oxygen atoms in total. The molecule has 1 rings (SSSR count). The maximum absolute atomic E-state index is 12.3. The van der Waals surface area contributed by atoms with Crippen LogP contribution in [0.1, 0.15) is 13.3 Å². The summed E-state index contributed by atoms with van der Waals surface area (Å²) in [5.41, 5.74) is 0. The highest BCUT2D eigenvalue weighted by atomic mass is 19.4. The van der Waals surface area contributed by atoms with Crippen LogP contribution in [0, 0.1) is 17.8 Å². The van der Waals surface area contributed by atoms with Gasteiger partial charge in [0, 0.05) is 6.54 Å². The van der Waals surface area contributed by atoms with Gasteiger partial charge in [0.25, 0.3) is 0 Å². The average Bonchev–Trinajstić information content (AvgIpc) is 2.23. The van der Waals surface area contributed by atoms with Gasteiger partial charge in [-0.1, -0.05) is 6.92 Å². The second kappa shape index (κ2) is 6.19. The van der Waals surface area contributed by atoms with Crippen LogP contribution >= 0.6 is 0 Å². The van der Waals surface area contributed by atoms with E-state index in [1.807, 2.05) is 6.92 Å². The lowest BCUT2D eigenvalue weighted by Gasteiger charge is -2.30. The monoisotopic (exact) mass is 306 g/mol. The number of hydrogen-bond acceptors (Lipinski definition) is 2. The predicted molar refractivity (Wildman–Crippen MR) is 58.8 cm³/mol. The van der Waals surface area contributed by atoms with E-state index in [0.29, 0.717) is 6.54 Å². The third kappa shape index (κ3) is 4.53. The summed E-state index contributed by atoms with van der Waals surface area (Å²) < 4.78 is 73.9. The lowest BCUT2D eigenvalue weighted by Crippen LogP contribution is -2.50. The molecule has 1 aliphatic heterocycles. The van der Waals surface area contributed by atoms with Crippen molar-refractivity contribution in [2.45, 2.75) is 25.7 Å². The maximum Gasteiger partial charge on any atom is 0.409 e. The second-order valence-electron chi connectivity index (χ2n) is 4.99. The first-order chi connectivity index (χ1) is 9.03. The van der Waals surface area contributed by atoms with Crippen LogP contribution in [0.2, 0.25) is 0 Å². The predicted octanol–water partition coefficient (Wildman–Crippen LogP) is 2.09. The summed E-state index contributed by atoms with van der Waals surface area (Å²) in [7, 11) is 0. The first kappa shape index (κ1) is 17.1. The Labute approximate surface area is 112 Å². The van der Waals surface area contributed by atoms with E-state index in [1.165, 1.54) is 0 Å². The molecule has 1 saturated heterocycles. The first-order valence-corrected chi connectivity index (χ1v) is 6.15. The van der Waals surface area contributed by atoms with Crippen LogP contribution in [-0.2, 0) is 4.79 Å². The minimum Gasteiger partial charge on any atom is -0.355 e. The van der Waals surface area contributed by atoms with E-state index in [9.17, 15) is 31.1 Å². The van der Waals surface area contributed by atoms with Crippen molar-refractivity contribution in [2.24, 2.45) is 17.8 Å². The molecule has 1 fully saturated rings. The quantitative estimate of drug-likeness (QED) is 0.784. The van der Waals surface area contributed by atoms with Gasteiger partial charge >= 0.3 is 12.4 Å². The van der Waals surface area contributed by atoms with Gasteiger partial charge in [0.05, 0.1) is 0 Å². The van der Waals surface area contributed by atoms with Crippen LogP contribution in [0.3, 0.4) is 0 Å². The normalized spacial score (nSPS) is 24.8. The molecule has 9 heteroatoms. The van der Waals surface area contributed by atoms with Crippen molar-refractivity contribution in [3.63, 3.8) is 0 Å². The lowest BCUT2D eigenvalue weighted by atomic mass is 9.88. The van der Waals surface area contributed by atoms with Gasteiger partial charge in [-0.05, 0) is 31.3 Å². The fraction of sp³-hybridized carbons (Fsp3) is 0.909. The zero-order valence-electron chi connectivity index (χ0n) is 10.7. The van der Waals surface area contributed by atoms with Crippen LogP contribution < -0.4 is 10.6 Å². The Kier molecular flexibility index (Phi) is 5.28. The van der Waals surface area contributed by atoms with Crippen molar-refractivity contribution in [1.29, 1.82) is 0 Å². The highest BCUT2D eigenvalue weighted by molar-refractivity contribution is 5.80. The Morgan fingerprint density at radius 1 is 1.25 bits per heavy atom. The van der Waals surface area contributed by atoms with Crippen molar-refractivity contribution in [3.05, 3.63) is 0 Å². The Hall–Kier alpha value is -0.990. The molecule has 0 aromatic rings. The molecule has 118 valence electrons. The third-order valence-corrected chi connectivity index (χ3v) is 3.44. The molecule has 0 aromatic heterocycles. The topological polar surface area (TPSA) is 41.1 Å². The smallest absolute Gasteiger partial charge is 0.355 e. The van der Waals surface area contributed by atoms with Gasteiger partial charge in [-0.3, -0.25) is 4.79 Å². The molecular weight excluding hydrogens is 290 g/mol. The zero-order chi connectivity index (χ0) is 15.6. The Balaban J connectivity index is 2.63. The Morgan fingerprint density at radius 2 is 1.80 bits per heavy atom. The van der Waals surface area contributed by atoms with Gasteiger partial charge in [0.15, 0.2) is 0 Å². The van der Waals surface area contributed by atoms with Gasteiger partial charge in [0.2, 0.25) is 11.8 Å². The fourth-order valence-corrected chi connectivity index (χ4v) is 2.14. The first-order valence-electron chi connectivity index (χ1n) is 6.15. The van der Waals surface area contributed by atoms with Crippen LogP contribution in [0.4, 0.5) is 26.3 Å². The number of piperidine rings is 1. The molecule has 1 amide bonds. The second-order valence-corrected chi connectivity index (χ2v) is 4.99. The highest BCUT2D eigenvalue weighted by Gasteiger charge is 2.61. The number of amides is 1. The van der Waals surface area contributed by atoms with Gasteiger partial charge in [-0.2, -0.15) is 26.3 Å². The summed E-state index contributed by atoms with van der Waals surface area (Å²) in [6.07, 6.45) is -10.5. The van der Waals surface area contributed by atoms with E-state index in [4.69, 9.17) is 0 Å². The Bertz CT molecular complexity index is 327. The van der Waals surface area contributed by atoms with Crippen molar-refractivity contribution in [2.75, 3.05) is 19.6 Å². The van der Waals surface area contributed by atoms with Crippen molar-refractivity contribution in [3.8, 4) is 0 Å². The van der Waals surface area contributed by atoms with Crippen molar-refractivity contribution < 1.29 is 31.1 Å². The van der Waals surface area contributed by atoms with Crippen LogP contribution in [0.25, 0.3) is 0 Å². The number of halogens is 6. The van der Waals surface area contributed by atoms with Gasteiger partial charge in [-0.25, -0.2) is 0 Å². The largest absolute Gasteiger partial charge is 0.409 e. The van der Waals surface area contributed by atoms with E-state index >= 15 is 0 Å². The molecular formula is C11H16F6N2O. The Morgan fingerprint density at radius 3 is 2.25 bits per heavy atom. The van der Waals surface area contributed by atoms with Gasteiger partial charge in [0.1, 0.15) is 0 Å². The molecule has 2 unspecified atom stereocenters. The molecule has 0 aliphatic carbocycles. The molecule has 1 aliphatic rings. The molecule has 0 aromatic carbocycles. The standard InChI is InChI=1S/C11H16F6N2O/c1-6-2-3-18-4-7(6)5-19-9(20)8(10(12,13)14)11(15,16)17/h6-8,18H,2-5H2,1H3,(H,19,20). The molecule has 0 bridgehead atoms. The number of nitrogens with one attached hydrogen (secondary N) is 2. The van der Waals surface area contributed by atoms with E-state index in [-0.39, 0.29) is 18.4 Å². The molecule has 20 heavy (non-hydrogen) atoms. The third-order valence-electron chi connectivity index (χ3n) is 3.44. The van der Waals surface area contributed by atoms with Crippen molar-refractivity contribution in [1.82, 2.24) is 10.6 Å². The summed E-state index contributed by atoms with van der Waals surface area (Å²) in [6.45, 7) is 2.86. The van der Waals surface area contributed by atoms with E-state index in [2.05, 4.69) is 5.32 Å². The van der Waals surface area contributed by atoms with Gasteiger partial charge < -0.3 is 10.6 Å². The number of rotatable bonds is 3. The summed E-state index contributed by atoms with van der Waals surface area (Å²) in [5, 5.41) is 4.76. The highest BCUT2D eigenvalue weighted by Crippen LogP contribution is 2.39. The average molecular weight is 306 g/mol. The van der Waals surface area contributed by atoms with E-state index in [0.717, 1.165) is 13.0 Å². The number of alkyl halides is 6. The lowest BCUT2D eigenvalue weighted by molar-refractivity contribution is -0.274. The molecule has 0 radical (unpaired) electrons. The fourth-order valence-electron chi connectivity index (χ4n) is 2.14. The molecule has 2 atom stereocenters. The van der Waals surface area contributed by atoms with Crippen LogP contribution in [0.5, 0.6) is 0 Å². The van der Waals surface area contributed by atoms with Crippen LogP contribution in [0.15, 0.2) is 0 Å². The van der Waals surface area contributed by atoms with E-state index < -0.39 is 24.2 Å². The summed E-state index contributed by atoms with van der Waals surface area (Å²) in [5.74, 6) is -6.05. The minimum absolute atomic E-state index is 0.131. The SMILES string of the molecule is CC1CCNCC1CNC(=O)C(C(F)(F)F)C(F)(F)F. The number of hydrogen-bond donors (Lipinski definition) is 2. The van der Waals surface area contributed by atoms with E-state index in [1.54, 1.807) is 5.32 Å². The maximum atomic E-state index is 12.3. The van der Waals surface area contributed by atoms with Gasteiger partial charge in [-0.15, -0.1) is 0 Å². The number of carbonyl (C=O) groups excluding carboxylic acids is 1. The molecule has 1 heterocycles. The molecule has 0 saturated carbocycles. The zero-order valence-corrected chi connectivity index (χ0v) is 10.7. The minimum atomic E-state index is -5.64. The summed E-state index contributed by atoms with van der Waals surface area (Å²) >= 11 is 0. The summed E-state index contributed by atoms with van der Waals surface area (Å²) in [4.78, 5) is 11.2. The summed E-state index contributed by atoms with van der Waals surface area (Å²) in [6, 6.07) is 0. The van der Waals surface area contributed by atoms with Crippen molar-refractivity contribution >= 4 is 5.91 Å².